The second-order valence-corrected chi connectivity index (χ2v) is 4.05. The van der Waals surface area contributed by atoms with Gasteiger partial charge in [0.1, 0.15) is 0 Å². The lowest BCUT2D eigenvalue weighted by molar-refractivity contribution is -0.114. The van der Waals surface area contributed by atoms with E-state index in [4.69, 9.17) is 11.6 Å². The number of alkyl halides is 1. The van der Waals surface area contributed by atoms with Crippen LogP contribution >= 0.6 is 27.5 Å². The maximum atomic E-state index is 11.3. The zero-order valence-corrected chi connectivity index (χ0v) is 10.4. The molecule has 0 heterocycles. The topological polar surface area (TPSA) is 46.2 Å². The fourth-order valence-corrected chi connectivity index (χ4v) is 1.69. The first-order valence-electron chi connectivity index (χ1n) is 4.21. The molecule has 0 radical (unpaired) electrons. The van der Waals surface area contributed by atoms with Gasteiger partial charge >= 0.3 is 0 Å². The lowest BCUT2D eigenvalue weighted by Crippen LogP contribution is -2.07. The van der Waals surface area contributed by atoms with E-state index in [1.807, 2.05) is 0 Å². The Labute approximate surface area is 101 Å². The number of anilines is 1. The van der Waals surface area contributed by atoms with Gasteiger partial charge in [-0.1, -0.05) is 0 Å². The summed E-state index contributed by atoms with van der Waals surface area (Å²) in [5.41, 5.74) is 1.15. The molecule has 0 saturated carbocycles. The highest BCUT2D eigenvalue weighted by molar-refractivity contribution is 9.10. The van der Waals surface area contributed by atoms with Crippen LogP contribution in [-0.4, -0.2) is 17.6 Å². The van der Waals surface area contributed by atoms with Crippen molar-refractivity contribution in [3.05, 3.63) is 28.2 Å². The highest BCUT2D eigenvalue weighted by Gasteiger charge is 2.07. The molecule has 0 bridgehead atoms. The summed E-state index contributed by atoms with van der Waals surface area (Å²) in [6, 6.07) is 4.92. The summed E-state index contributed by atoms with van der Waals surface area (Å²) in [5, 5.41) is 2.63. The van der Waals surface area contributed by atoms with E-state index >= 15 is 0 Å². The van der Waals surface area contributed by atoms with Gasteiger partial charge in [-0.25, -0.2) is 0 Å². The number of carbonyl (C=O) groups excluding carboxylic acids is 2. The average molecular weight is 291 g/mol. The van der Waals surface area contributed by atoms with Crippen molar-refractivity contribution in [1.82, 2.24) is 0 Å². The van der Waals surface area contributed by atoms with Crippen LogP contribution in [0.4, 0.5) is 5.69 Å². The molecule has 0 spiro atoms. The van der Waals surface area contributed by atoms with E-state index in [0.717, 1.165) is 0 Å². The van der Waals surface area contributed by atoms with Crippen molar-refractivity contribution in [3.63, 3.8) is 0 Å². The molecule has 0 aliphatic carbocycles. The van der Waals surface area contributed by atoms with Gasteiger partial charge < -0.3 is 5.32 Å². The van der Waals surface area contributed by atoms with Crippen molar-refractivity contribution in [2.24, 2.45) is 0 Å². The van der Waals surface area contributed by atoms with Crippen molar-refractivity contribution >= 4 is 44.9 Å². The Kier molecular flexibility index (Phi) is 4.29. The number of hydrogen-bond acceptors (Lipinski definition) is 2. The maximum Gasteiger partial charge on any atom is 0.221 e. The molecule has 5 heteroatoms. The van der Waals surface area contributed by atoms with Crippen LogP contribution in [0.25, 0.3) is 0 Å². The predicted molar refractivity (Wildman–Crippen MR) is 63.5 cm³/mol. The Bertz CT molecular complexity index is 406. The van der Waals surface area contributed by atoms with E-state index in [2.05, 4.69) is 21.2 Å². The van der Waals surface area contributed by atoms with E-state index in [-0.39, 0.29) is 17.6 Å². The van der Waals surface area contributed by atoms with Gasteiger partial charge in [0, 0.05) is 17.0 Å². The minimum Gasteiger partial charge on any atom is -0.325 e. The summed E-state index contributed by atoms with van der Waals surface area (Å²) in [5.74, 6) is -0.356. The Morgan fingerprint density at radius 2 is 2.13 bits per heavy atom. The van der Waals surface area contributed by atoms with Crippen LogP contribution in [0, 0.1) is 0 Å². The lowest BCUT2D eigenvalue weighted by atomic mass is 10.1. The zero-order chi connectivity index (χ0) is 11.4. The first-order valence-corrected chi connectivity index (χ1v) is 5.53. The quantitative estimate of drug-likeness (QED) is 0.687. The molecule has 0 aliphatic rings. The number of amides is 1. The van der Waals surface area contributed by atoms with Gasteiger partial charge in [-0.15, -0.1) is 11.6 Å². The maximum absolute atomic E-state index is 11.3. The van der Waals surface area contributed by atoms with Crippen LogP contribution < -0.4 is 5.32 Å². The van der Waals surface area contributed by atoms with Crippen LogP contribution in [0.3, 0.4) is 0 Å². The molecule has 0 atom stereocenters. The van der Waals surface area contributed by atoms with E-state index < -0.39 is 0 Å². The molecule has 1 N–H and O–H groups in total. The number of nitrogens with one attached hydrogen (secondary N) is 1. The average Bonchev–Trinajstić information content (AvgIpc) is 2.19. The molecule has 1 aromatic carbocycles. The molecule has 1 aromatic rings. The minimum absolute atomic E-state index is 0.0497. The molecule has 0 aromatic heterocycles. The summed E-state index contributed by atoms with van der Waals surface area (Å²) in [6.45, 7) is 1.42. The molecule has 80 valence electrons. The fraction of sp³-hybridized carbons (Fsp3) is 0.200. The van der Waals surface area contributed by atoms with Crippen molar-refractivity contribution in [1.29, 1.82) is 0 Å². The first-order chi connectivity index (χ1) is 7.04. The van der Waals surface area contributed by atoms with Crippen LogP contribution in [0.2, 0.25) is 0 Å². The second kappa shape index (κ2) is 5.28. The number of halogens is 2. The predicted octanol–water partition coefficient (Wildman–Crippen LogP) is 2.83. The molecule has 0 unspecified atom stereocenters. The molecule has 1 amide bonds. The molecule has 1 rings (SSSR count). The van der Waals surface area contributed by atoms with Gasteiger partial charge in [0.05, 0.1) is 11.6 Å². The number of rotatable bonds is 3. The largest absolute Gasteiger partial charge is 0.325 e. The van der Waals surface area contributed by atoms with Crippen molar-refractivity contribution in [2.75, 3.05) is 11.2 Å². The summed E-state index contributed by atoms with van der Waals surface area (Å²) in [4.78, 5) is 22.1. The van der Waals surface area contributed by atoms with Crippen LogP contribution in [0.1, 0.15) is 17.3 Å². The number of hydrogen-bond donors (Lipinski definition) is 1. The normalized spacial score (nSPS) is 9.80. The second-order valence-electron chi connectivity index (χ2n) is 2.93. The smallest absolute Gasteiger partial charge is 0.221 e. The third kappa shape index (κ3) is 3.32. The highest BCUT2D eigenvalue weighted by atomic mass is 79.9. The third-order valence-electron chi connectivity index (χ3n) is 1.72. The van der Waals surface area contributed by atoms with E-state index in [9.17, 15) is 9.59 Å². The standard InChI is InChI=1S/C10H9BrClNO2/c1-6(14)13-9-3-2-7(4-8(9)11)10(15)5-12/h2-4H,5H2,1H3,(H,13,14). The van der Waals surface area contributed by atoms with Crippen molar-refractivity contribution in [3.8, 4) is 0 Å². The summed E-state index contributed by atoms with van der Waals surface area (Å²) in [7, 11) is 0. The molecule has 0 saturated heterocycles. The van der Waals surface area contributed by atoms with E-state index in [1.54, 1.807) is 18.2 Å². The van der Waals surface area contributed by atoms with Gasteiger partial charge in [0.15, 0.2) is 5.78 Å². The Morgan fingerprint density at radius 1 is 1.47 bits per heavy atom. The third-order valence-corrected chi connectivity index (χ3v) is 2.62. The zero-order valence-electron chi connectivity index (χ0n) is 8.01. The number of Topliss-reactive ketones (excluding diaryl/α,β-unsaturated/α-hetero) is 1. The van der Waals surface area contributed by atoms with Gasteiger partial charge in [-0.2, -0.15) is 0 Å². The van der Waals surface area contributed by atoms with E-state index in [0.29, 0.717) is 15.7 Å². The van der Waals surface area contributed by atoms with Gasteiger partial charge in [0.25, 0.3) is 0 Å². The molecule has 0 aliphatic heterocycles. The number of ketones is 1. The van der Waals surface area contributed by atoms with Gasteiger partial charge in [0.2, 0.25) is 5.91 Å². The fourth-order valence-electron chi connectivity index (χ4n) is 1.06. The van der Waals surface area contributed by atoms with Gasteiger partial charge in [-0.3, -0.25) is 9.59 Å². The van der Waals surface area contributed by atoms with Crippen molar-refractivity contribution in [2.45, 2.75) is 6.92 Å². The summed E-state index contributed by atoms with van der Waals surface area (Å²) in [6.07, 6.45) is 0. The van der Waals surface area contributed by atoms with Crippen LogP contribution in [0.5, 0.6) is 0 Å². The Morgan fingerprint density at radius 3 is 2.60 bits per heavy atom. The van der Waals surface area contributed by atoms with Crippen molar-refractivity contribution < 1.29 is 9.59 Å². The monoisotopic (exact) mass is 289 g/mol. The lowest BCUT2D eigenvalue weighted by Gasteiger charge is -2.06. The number of benzene rings is 1. The summed E-state index contributed by atoms with van der Waals surface area (Å²) >= 11 is 8.69. The van der Waals surface area contributed by atoms with Gasteiger partial charge in [-0.05, 0) is 34.1 Å². The molecule has 15 heavy (non-hydrogen) atoms. The molecule has 3 nitrogen and oxygen atoms in total. The SMILES string of the molecule is CC(=O)Nc1ccc(C(=O)CCl)cc1Br. The minimum atomic E-state index is -0.160. The van der Waals surface area contributed by atoms with Crippen LogP contribution in [0.15, 0.2) is 22.7 Å². The first kappa shape index (κ1) is 12.2. The van der Waals surface area contributed by atoms with E-state index in [1.165, 1.54) is 6.92 Å². The number of carbonyl (C=O) groups is 2. The Hall–Kier alpha value is -0.870. The Balaban J connectivity index is 2.97. The molecular weight excluding hydrogens is 281 g/mol. The summed E-state index contributed by atoms with van der Waals surface area (Å²) < 4.78 is 0.661. The highest BCUT2D eigenvalue weighted by Crippen LogP contribution is 2.23. The molecule has 0 fully saturated rings. The molecular formula is C10H9BrClNO2. The van der Waals surface area contributed by atoms with Crippen LogP contribution in [-0.2, 0) is 4.79 Å².